The van der Waals surface area contributed by atoms with Crippen LogP contribution in [0.5, 0.6) is 0 Å². The Hall–Kier alpha value is -5.52. The lowest BCUT2D eigenvalue weighted by atomic mass is 9.99. The van der Waals surface area contributed by atoms with Gasteiger partial charge in [-0.3, -0.25) is 0 Å². The lowest BCUT2D eigenvalue weighted by molar-refractivity contribution is 1.19. The van der Waals surface area contributed by atoms with Gasteiger partial charge in [-0.2, -0.15) is 0 Å². The van der Waals surface area contributed by atoms with Crippen LogP contribution in [-0.2, 0) is 0 Å². The highest BCUT2D eigenvalue weighted by Crippen LogP contribution is 2.41. The molecule has 192 valence electrons. The Morgan fingerprint density at radius 2 is 1.20 bits per heavy atom. The smallest absolute Gasteiger partial charge is 0.0619 e. The average molecular weight is 523 g/mol. The molecule has 41 heavy (non-hydrogen) atoms. The maximum Gasteiger partial charge on any atom is 0.0619 e. The van der Waals surface area contributed by atoms with Crippen LogP contribution in [0.1, 0.15) is 6.92 Å². The maximum absolute atomic E-state index is 5.62. The molecule has 0 amide bonds. The monoisotopic (exact) mass is 522 g/mol. The van der Waals surface area contributed by atoms with E-state index in [1.807, 2.05) is 6.08 Å². The van der Waals surface area contributed by atoms with E-state index < -0.39 is 0 Å². The Kier molecular flexibility index (Phi) is 5.14. The highest BCUT2D eigenvalue weighted by Gasteiger charge is 2.18. The first-order valence-corrected chi connectivity index (χ1v) is 13.9. The number of aromatic nitrogens is 2. The van der Waals surface area contributed by atoms with E-state index in [4.69, 9.17) is 6.42 Å². The number of rotatable bonds is 3. The summed E-state index contributed by atoms with van der Waals surface area (Å²) in [5, 5.41) is 9.90. The molecule has 0 saturated carbocycles. The second-order valence-electron chi connectivity index (χ2n) is 10.5. The number of benzene rings is 6. The van der Waals surface area contributed by atoms with Crippen molar-refractivity contribution in [1.82, 2.24) is 9.13 Å². The van der Waals surface area contributed by atoms with Crippen LogP contribution in [-0.4, -0.2) is 9.13 Å². The van der Waals surface area contributed by atoms with E-state index in [1.165, 1.54) is 70.8 Å². The van der Waals surface area contributed by atoms with Crippen molar-refractivity contribution in [2.45, 2.75) is 6.92 Å². The topological polar surface area (TPSA) is 9.86 Å². The molecule has 0 aliphatic carbocycles. The van der Waals surface area contributed by atoms with Crippen molar-refractivity contribution in [2.24, 2.45) is 0 Å². The zero-order valence-corrected chi connectivity index (χ0v) is 22.7. The molecular weight excluding hydrogens is 496 g/mol. The number of terminal acetylenes is 1. The Morgan fingerprint density at radius 1 is 0.610 bits per heavy atom. The van der Waals surface area contributed by atoms with Crippen molar-refractivity contribution in [3.8, 4) is 18.0 Å². The van der Waals surface area contributed by atoms with E-state index in [-0.39, 0.29) is 0 Å². The summed E-state index contributed by atoms with van der Waals surface area (Å²) in [6.07, 6.45) is 11.5. The maximum atomic E-state index is 5.62. The first-order chi connectivity index (χ1) is 20.3. The van der Waals surface area contributed by atoms with Crippen LogP contribution in [0.3, 0.4) is 0 Å². The third kappa shape index (κ3) is 3.33. The predicted octanol–water partition coefficient (Wildman–Crippen LogP) is 10.2. The van der Waals surface area contributed by atoms with Crippen LogP contribution in [0.15, 0.2) is 133 Å². The van der Waals surface area contributed by atoms with Crippen LogP contribution in [0.4, 0.5) is 0 Å². The highest BCUT2D eigenvalue weighted by molar-refractivity contribution is 6.24. The molecule has 0 unspecified atom stereocenters. The summed E-state index contributed by atoms with van der Waals surface area (Å²) in [6, 6.07) is 41.9. The van der Waals surface area contributed by atoms with Gasteiger partial charge in [0.1, 0.15) is 0 Å². The number of hydrogen-bond acceptors (Lipinski definition) is 0. The molecule has 0 fully saturated rings. The fraction of sp³-hybridized carbons (Fsp3) is 0.0256. The summed E-state index contributed by atoms with van der Waals surface area (Å²) in [6.45, 7) is 2.07. The number of fused-ring (bicyclic) bond motifs is 10. The Bertz CT molecular complexity index is 2420. The lowest BCUT2D eigenvalue weighted by Gasteiger charge is -2.13. The molecule has 0 spiro atoms. The highest BCUT2D eigenvalue weighted by atomic mass is 15.0. The van der Waals surface area contributed by atoms with Gasteiger partial charge in [-0.1, -0.05) is 90.9 Å². The van der Waals surface area contributed by atoms with Crippen molar-refractivity contribution in [3.05, 3.63) is 133 Å². The molecule has 0 aliphatic rings. The minimum atomic E-state index is 1.06. The minimum Gasteiger partial charge on any atom is -0.309 e. The molecule has 0 saturated heterocycles. The molecule has 8 rings (SSSR count). The molecule has 0 bridgehead atoms. The lowest BCUT2D eigenvalue weighted by Crippen LogP contribution is -1.96. The van der Waals surface area contributed by atoms with Gasteiger partial charge in [-0.25, -0.2) is 0 Å². The van der Waals surface area contributed by atoms with E-state index in [2.05, 4.69) is 143 Å². The standard InChI is InChI=1S/C39H26N2/c1-3-5-13-28(4-2)40-36-18-11-9-16-30(36)32-22-20-26-25-35-27(24-34(26)38(32)40)21-23-33-31-17-10-12-19-37(31)41(39(33)35)29-14-7-6-8-15-29/h1,4-25H,2H3/b13-5-,28-4+. The largest absolute Gasteiger partial charge is 0.309 e. The summed E-state index contributed by atoms with van der Waals surface area (Å²) in [5.74, 6) is 2.66. The quantitative estimate of drug-likeness (QED) is 0.124. The van der Waals surface area contributed by atoms with Crippen LogP contribution < -0.4 is 0 Å². The Morgan fingerprint density at radius 3 is 1.88 bits per heavy atom. The Labute approximate surface area is 238 Å². The van der Waals surface area contributed by atoms with Crippen molar-refractivity contribution in [2.75, 3.05) is 0 Å². The third-order valence-corrected chi connectivity index (χ3v) is 8.34. The zero-order chi connectivity index (χ0) is 27.5. The fourth-order valence-electron chi connectivity index (χ4n) is 6.61. The van der Waals surface area contributed by atoms with E-state index in [9.17, 15) is 0 Å². The van der Waals surface area contributed by atoms with Crippen LogP contribution in [0.25, 0.3) is 76.5 Å². The van der Waals surface area contributed by atoms with Gasteiger partial charge in [-0.05, 0) is 66.2 Å². The van der Waals surface area contributed by atoms with Gasteiger partial charge in [0, 0.05) is 43.7 Å². The van der Waals surface area contributed by atoms with Crippen molar-refractivity contribution < 1.29 is 0 Å². The number of allylic oxidation sites excluding steroid dienone is 4. The van der Waals surface area contributed by atoms with Gasteiger partial charge < -0.3 is 9.13 Å². The van der Waals surface area contributed by atoms with E-state index in [0.29, 0.717) is 0 Å². The molecule has 8 aromatic rings. The summed E-state index contributed by atoms with van der Waals surface area (Å²) in [5.41, 5.74) is 7.05. The zero-order valence-electron chi connectivity index (χ0n) is 22.7. The fourth-order valence-corrected chi connectivity index (χ4v) is 6.61. The van der Waals surface area contributed by atoms with Gasteiger partial charge in [0.25, 0.3) is 0 Å². The third-order valence-electron chi connectivity index (χ3n) is 8.34. The van der Waals surface area contributed by atoms with Crippen molar-refractivity contribution in [1.29, 1.82) is 0 Å². The number of para-hydroxylation sites is 3. The molecule has 0 aliphatic heterocycles. The second kappa shape index (κ2) is 9.01. The molecule has 0 atom stereocenters. The summed E-state index contributed by atoms with van der Waals surface area (Å²) >= 11 is 0. The predicted molar refractivity (Wildman–Crippen MR) is 177 cm³/mol. The van der Waals surface area contributed by atoms with Crippen molar-refractivity contribution >= 4 is 70.9 Å². The van der Waals surface area contributed by atoms with Gasteiger partial charge in [0.05, 0.1) is 22.1 Å². The molecular formula is C39H26N2. The van der Waals surface area contributed by atoms with E-state index in [0.717, 1.165) is 5.70 Å². The number of hydrogen-bond donors (Lipinski definition) is 0. The summed E-state index contributed by atoms with van der Waals surface area (Å²) in [4.78, 5) is 0. The average Bonchev–Trinajstić information content (AvgIpc) is 3.55. The number of nitrogens with zero attached hydrogens (tertiary/aromatic N) is 2. The van der Waals surface area contributed by atoms with Gasteiger partial charge in [0.2, 0.25) is 0 Å². The Balaban J connectivity index is 1.54. The molecule has 2 heterocycles. The van der Waals surface area contributed by atoms with Gasteiger partial charge in [-0.15, -0.1) is 6.42 Å². The van der Waals surface area contributed by atoms with Crippen molar-refractivity contribution in [3.63, 3.8) is 0 Å². The van der Waals surface area contributed by atoms with E-state index in [1.54, 1.807) is 6.08 Å². The molecule has 0 radical (unpaired) electrons. The molecule has 0 N–H and O–H groups in total. The summed E-state index contributed by atoms with van der Waals surface area (Å²) < 4.78 is 4.77. The second-order valence-corrected chi connectivity index (χ2v) is 10.5. The molecule has 2 aromatic heterocycles. The first-order valence-electron chi connectivity index (χ1n) is 13.9. The molecule has 2 nitrogen and oxygen atoms in total. The van der Waals surface area contributed by atoms with Gasteiger partial charge >= 0.3 is 0 Å². The van der Waals surface area contributed by atoms with E-state index >= 15 is 0 Å². The molecule has 6 aromatic carbocycles. The molecule has 2 heteroatoms. The van der Waals surface area contributed by atoms with Gasteiger partial charge in [0.15, 0.2) is 0 Å². The summed E-state index contributed by atoms with van der Waals surface area (Å²) in [7, 11) is 0. The van der Waals surface area contributed by atoms with Crippen LogP contribution in [0, 0.1) is 12.3 Å². The first kappa shape index (κ1) is 23.4. The minimum absolute atomic E-state index is 1.06. The SMILES string of the molecule is C#C/C=C\C(=C/C)n1c2ccccc2c2ccc3cc4c(ccc5c6ccccc6n(-c6ccccc6)c45)cc3c21. The van der Waals surface area contributed by atoms with Crippen LogP contribution in [0.2, 0.25) is 0 Å². The normalized spacial score (nSPS) is 12.5. The van der Waals surface area contributed by atoms with Crippen LogP contribution >= 0.6 is 0 Å².